The van der Waals surface area contributed by atoms with Gasteiger partial charge in [-0.25, -0.2) is 0 Å². The molecule has 3 aliphatic rings. The molecule has 0 spiro atoms. The van der Waals surface area contributed by atoms with Gasteiger partial charge in [0.1, 0.15) is 16.5 Å². The van der Waals surface area contributed by atoms with E-state index in [-0.39, 0.29) is 28.7 Å². The van der Waals surface area contributed by atoms with Crippen molar-refractivity contribution in [2.45, 2.75) is 14.1 Å². The molecule has 1 aliphatic heterocycles. The zero-order valence-corrected chi connectivity index (χ0v) is 13.4. The second-order valence-electron chi connectivity index (χ2n) is 4.70. The molecule has 1 saturated carbocycles. The monoisotopic (exact) mass is 370 g/mol. The lowest BCUT2D eigenvalue weighted by Crippen LogP contribution is -2.45. The van der Waals surface area contributed by atoms with E-state index < -0.39 is 14.1 Å². The van der Waals surface area contributed by atoms with Crippen LogP contribution in [0.15, 0.2) is 10.1 Å². The lowest BCUT2D eigenvalue weighted by atomic mass is 9.83. The zero-order valence-electron chi connectivity index (χ0n) is 8.86. The fraction of sp³-hybridized carbons (Fsp3) is 0.800. The van der Waals surface area contributed by atoms with E-state index in [1.807, 2.05) is 0 Å². The highest BCUT2D eigenvalue weighted by atomic mass is 35.5. The second kappa shape index (κ2) is 4.20. The van der Waals surface area contributed by atoms with E-state index in [4.69, 9.17) is 79.1 Å². The molecule has 2 nitrogen and oxygen atoms in total. The Balaban J connectivity index is 2.21. The number of ether oxygens (including phenoxy) is 2. The largest absolute Gasteiger partial charge is 0.355 e. The van der Waals surface area contributed by atoms with Crippen molar-refractivity contribution in [2.24, 2.45) is 11.8 Å². The molecule has 3 rings (SSSR count). The van der Waals surface area contributed by atoms with Crippen molar-refractivity contribution >= 4 is 69.6 Å². The van der Waals surface area contributed by atoms with Crippen molar-refractivity contribution in [3.05, 3.63) is 10.1 Å². The summed E-state index contributed by atoms with van der Waals surface area (Å²) in [5, 5.41) is 0.412. The maximum Gasteiger partial charge on any atom is 0.167 e. The van der Waals surface area contributed by atoms with Gasteiger partial charge in [0.05, 0.1) is 23.3 Å². The molecule has 2 aliphatic carbocycles. The van der Waals surface area contributed by atoms with Gasteiger partial charge in [-0.1, -0.05) is 46.4 Å². The highest BCUT2D eigenvalue weighted by Crippen LogP contribution is 2.76. The summed E-state index contributed by atoms with van der Waals surface area (Å²) in [7, 11) is 0. The highest BCUT2D eigenvalue weighted by Gasteiger charge is 2.82. The van der Waals surface area contributed by atoms with Crippen LogP contribution >= 0.6 is 69.6 Å². The fourth-order valence-corrected chi connectivity index (χ4v) is 6.13. The van der Waals surface area contributed by atoms with Gasteiger partial charge in [-0.3, -0.25) is 0 Å². The molecule has 18 heavy (non-hydrogen) atoms. The minimum atomic E-state index is -1.50. The summed E-state index contributed by atoms with van der Waals surface area (Å²) in [4.78, 5) is -2.48. The smallest absolute Gasteiger partial charge is 0.167 e. The van der Waals surface area contributed by atoms with Gasteiger partial charge >= 0.3 is 0 Å². The minimum Gasteiger partial charge on any atom is -0.355 e. The van der Waals surface area contributed by atoms with Crippen molar-refractivity contribution < 1.29 is 9.47 Å². The molecule has 102 valence electrons. The number of fused-ring (bicyclic) bond motifs is 5. The Kier molecular flexibility index (Phi) is 3.35. The SMILES string of the molecule is ClC1=C(Cl)[C@]2(Cl)[C@@H]3COCOC[C@@H]3[C@@]1(Cl)C2(Cl)Cl. The van der Waals surface area contributed by atoms with Crippen LogP contribution in [-0.4, -0.2) is 34.1 Å². The van der Waals surface area contributed by atoms with Crippen molar-refractivity contribution in [1.82, 2.24) is 0 Å². The van der Waals surface area contributed by atoms with Crippen LogP contribution in [0.5, 0.6) is 0 Å². The molecule has 0 N–H and O–H groups in total. The number of allylic oxidation sites excluding steroid dienone is 2. The van der Waals surface area contributed by atoms with Gasteiger partial charge in [-0.15, -0.1) is 23.2 Å². The molecule has 2 fully saturated rings. The molecule has 0 amide bonds. The predicted octanol–water partition coefficient (Wildman–Crippen LogP) is 4.07. The summed E-state index contributed by atoms with van der Waals surface area (Å²) in [5.41, 5.74) is 0. The number of alkyl halides is 4. The lowest BCUT2D eigenvalue weighted by molar-refractivity contribution is -0.0400. The summed E-state index contributed by atoms with van der Waals surface area (Å²) < 4.78 is 9.18. The number of hydrogen-bond acceptors (Lipinski definition) is 2. The third-order valence-corrected chi connectivity index (χ3v) is 8.36. The highest BCUT2D eigenvalue weighted by molar-refractivity contribution is 6.65. The molecule has 0 unspecified atom stereocenters. The normalized spacial score (nSPS) is 50.3. The molecule has 0 aromatic rings. The van der Waals surface area contributed by atoms with Crippen LogP contribution in [0.25, 0.3) is 0 Å². The van der Waals surface area contributed by atoms with Crippen LogP contribution in [0.4, 0.5) is 0 Å². The topological polar surface area (TPSA) is 18.5 Å². The first-order chi connectivity index (χ1) is 8.29. The first-order valence-corrected chi connectivity index (χ1v) is 7.53. The molecule has 0 radical (unpaired) electrons. The number of rotatable bonds is 0. The molecule has 4 atom stereocenters. The Labute approximate surface area is 134 Å². The van der Waals surface area contributed by atoms with Crippen molar-refractivity contribution in [1.29, 1.82) is 0 Å². The molecular formula is C10H8Cl6O2. The molecule has 0 aromatic heterocycles. The molecule has 2 bridgehead atoms. The van der Waals surface area contributed by atoms with Crippen LogP contribution in [-0.2, 0) is 9.47 Å². The molecule has 0 aromatic carbocycles. The second-order valence-corrected chi connectivity index (χ2v) is 7.97. The summed E-state index contributed by atoms with van der Waals surface area (Å²) in [6, 6.07) is 0. The van der Waals surface area contributed by atoms with Crippen molar-refractivity contribution in [3.8, 4) is 0 Å². The summed E-state index contributed by atoms with van der Waals surface area (Å²) >= 11 is 38.5. The third kappa shape index (κ3) is 1.33. The van der Waals surface area contributed by atoms with E-state index in [0.29, 0.717) is 13.2 Å². The Morgan fingerprint density at radius 3 is 1.61 bits per heavy atom. The molecule has 8 heteroatoms. The first-order valence-electron chi connectivity index (χ1n) is 5.27. The predicted molar refractivity (Wildman–Crippen MR) is 74.1 cm³/mol. The van der Waals surface area contributed by atoms with Gasteiger partial charge in [0, 0.05) is 11.8 Å². The van der Waals surface area contributed by atoms with E-state index in [2.05, 4.69) is 0 Å². The molecule has 1 heterocycles. The van der Waals surface area contributed by atoms with Gasteiger partial charge in [-0.2, -0.15) is 0 Å². The Bertz CT molecular complexity index is 402. The standard InChI is InChI=1S/C10H8Cl6O2/c11-6-7(12)9(14)5-2-18-3-17-1-4(5)8(6,13)10(9,15)16/h4-5H,1-3H2/t4-,5+,8-,9+. The quantitative estimate of drug-likeness (QED) is 0.597. The van der Waals surface area contributed by atoms with Gasteiger partial charge in [0.2, 0.25) is 0 Å². The Morgan fingerprint density at radius 2 is 1.22 bits per heavy atom. The molecule has 1 saturated heterocycles. The van der Waals surface area contributed by atoms with Gasteiger partial charge in [-0.05, 0) is 0 Å². The van der Waals surface area contributed by atoms with Crippen LogP contribution in [0.1, 0.15) is 0 Å². The Hall–Kier alpha value is 1.40. The summed E-state index contributed by atoms with van der Waals surface area (Å²) in [6.07, 6.45) is 0. The van der Waals surface area contributed by atoms with E-state index >= 15 is 0 Å². The zero-order chi connectivity index (χ0) is 13.3. The fourth-order valence-electron chi connectivity index (χ4n) is 3.08. The van der Waals surface area contributed by atoms with Crippen LogP contribution in [0, 0.1) is 11.8 Å². The van der Waals surface area contributed by atoms with Gasteiger partial charge < -0.3 is 9.47 Å². The lowest BCUT2D eigenvalue weighted by Gasteiger charge is -2.34. The van der Waals surface area contributed by atoms with E-state index in [1.54, 1.807) is 0 Å². The van der Waals surface area contributed by atoms with E-state index in [1.165, 1.54) is 0 Å². The van der Waals surface area contributed by atoms with Gasteiger partial charge in [0.15, 0.2) is 4.33 Å². The molecular weight excluding hydrogens is 365 g/mol. The first kappa shape index (κ1) is 14.3. The minimum absolute atomic E-state index is 0.180. The van der Waals surface area contributed by atoms with Gasteiger partial charge in [0.25, 0.3) is 0 Å². The number of hydrogen-bond donors (Lipinski definition) is 0. The number of halogens is 6. The summed E-state index contributed by atoms with van der Waals surface area (Å²) in [6.45, 7) is 0.828. The average Bonchev–Trinajstić information content (AvgIpc) is 2.60. The third-order valence-electron chi connectivity index (χ3n) is 4.01. The van der Waals surface area contributed by atoms with Crippen LogP contribution in [0.3, 0.4) is 0 Å². The van der Waals surface area contributed by atoms with Crippen molar-refractivity contribution in [3.63, 3.8) is 0 Å². The van der Waals surface area contributed by atoms with E-state index in [0.717, 1.165) is 0 Å². The van der Waals surface area contributed by atoms with Crippen molar-refractivity contribution in [2.75, 3.05) is 20.0 Å². The van der Waals surface area contributed by atoms with Crippen LogP contribution in [0.2, 0.25) is 0 Å². The maximum absolute atomic E-state index is 6.61. The van der Waals surface area contributed by atoms with E-state index in [9.17, 15) is 0 Å². The van der Waals surface area contributed by atoms with Crippen LogP contribution < -0.4 is 0 Å². The summed E-state index contributed by atoms with van der Waals surface area (Å²) in [5.74, 6) is -0.492. The average molecular weight is 373 g/mol. The Morgan fingerprint density at radius 1 is 0.833 bits per heavy atom. The maximum atomic E-state index is 6.61.